The zero-order valence-electron chi connectivity index (χ0n) is 15.3. The van der Waals surface area contributed by atoms with E-state index in [1.807, 2.05) is 31.2 Å². The second kappa shape index (κ2) is 8.42. The van der Waals surface area contributed by atoms with Crippen LogP contribution in [0.15, 0.2) is 28.8 Å². The molecule has 2 unspecified atom stereocenters. The van der Waals surface area contributed by atoms with Crippen molar-refractivity contribution in [2.24, 2.45) is 11.7 Å². The molecular formula is C19H26N4O3. The molecule has 0 spiro atoms. The quantitative estimate of drug-likeness (QED) is 0.821. The van der Waals surface area contributed by atoms with Crippen LogP contribution >= 0.6 is 0 Å². The Morgan fingerprint density at radius 2 is 2.00 bits per heavy atom. The highest BCUT2D eigenvalue weighted by atomic mass is 16.5. The van der Waals surface area contributed by atoms with Crippen molar-refractivity contribution in [3.63, 3.8) is 0 Å². The smallest absolute Gasteiger partial charge is 0.249 e. The molecule has 0 saturated carbocycles. The molecule has 2 heterocycles. The Morgan fingerprint density at radius 3 is 2.65 bits per heavy atom. The summed E-state index contributed by atoms with van der Waals surface area (Å²) in [6, 6.07) is 7.08. The van der Waals surface area contributed by atoms with Crippen molar-refractivity contribution in [1.82, 2.24) is 15.5 Å². The lowest BCUT2D eigenvalue weighted by atomic mass is 9.92. The molecule has 1 amide bonds. The summed E-state index contributed by atoms with van der Waals surface area (Å²) in [5.41, 5.74) is 8.24. The maximum Gasteiger partial charge on any atom is 0.249 e. The molecular weight excluding hydrogens is 332 g/mol. The van der Waals surface area contributed by atoms with E-state index < -0.39 is 12.1 Å². The third-order valence-electron chi connectivity index (χ3n) is 4.87. The number of benzene rings is 1. The highest BCUT2D eigenvalue weighted by Crippen LogP contribution is 2.21. The molecule has 1 aromatic heterocycles. The number of nitrogens with one attached hydrogen (secondary N) is 1. The Kier molecular flexibility index (Phi) is 6.00. The first-order chi connectivity index (χ1) is 12.6. The number of carbonyl (C=O) groups is 1. The highest BCUT2D eigenvalue weighted by Gasteiger charge is 2.28. The van der Waals surface area contributed by atoms with Crippen LogP contribution in [-0.2, 0) is 16.0 Å². The summed E-state index contributed by atoms with van der Waals surface area (Å²) in [4.78, 5) is 16.8. The van der Waals surface area contributed by atoms with Crippen molar-refractivity contribution < 1.29 is 14.1 Å². The molecule has 0 bridgehead atoms. The zero-order chi connectivity index (χ0) is 18.5. The van der Waals surface area contributed by atoms with Crippen molar-refractivity contribution in [1.29, 1.82) is 0 Å². The normalized spacial score (nSPS) is 17.7. The Balaban J connectivity index is 1.61. The monoisotopic (exact) mass is 358 g/mol. The standard InChI is InChI=1S/C19H26N4O3/c1-3-13-4-6-15(7-5-13)17-22-19(26-23-17)12(2)21-18(24)16(20)14-8-10-25-11-9-14/h4-7,12,14,16H,3,8-11,20H2,1-2H3,(H,21,24). The first-order valence-corrected chi connectivity index (χ1v) is 9.15. The largest absolute Gasteiger partial charge is 0.381 e. The number of hydrogen-bond donors (Lipinski definition) is 2. The summed E-state index contributed by atoms with van der Waals surface area (Å²) in [6.45, 7) is 5.24. The first kappa shape index (κ1) is 18.5. The predicted octanol–water partition coefficient (Wildman–Crippen LogP) is 2.23. The molecule has 140 valence electrons. The number of amides is 1. The second-order valence-electron chi connectivity index (χ2n) is 6.71. The van der Waals surface area contributed by atoms with E-state index in [9.17, 15) is 4.79 Å². The van der Waals surface area contributed by atoms with Crippen molar-refractivity contribution in [3.8, 4) is 11.4 Å². The summed E-state index contributed by atoms with van der Waals surface area (Å²) in [6.07, 6.45) is 2.59. The molecule has 3 rings (SSSR count). The topological polar surface area (TPSA) is 103 Å². The average molecular weight is 358 g/mol. The molecule has 1 aliphatic heterocycles. The van der Waals surface area contributed by atoms with Crippen molar-refractivity contribution in [2.45, 2.75) is 45.2 Å². The summed E-state index contributed by atoms with van der Waals surface area (Å²) in [5, 5.41) is 6.90. The maximum atomic E-state index is 12.4. The molecule has 26 heavy (non-hydrogen) atoms. The zero-order valence-corrected chi connectivity index (χ0v) is 15.3. The summed E-state index contributed by atoms with van der Waals surface area (Å²) in [5.74, 6) is 0.826. The van der Waals surface area contributed by atoms with Crippen molar-refractivity contribution in [3.05, 3.63) is 35.7 Å². The lowest BCUT2D eigenvalue weighted by Crippen LogP contribution is -2.47. The minimum atomic E-state index is -0.551. The van der Waals surface area contributed by atoms with Gasteiger partial charge in [0.1, 0.15) is 6.04 Å². The number of aryl methyl sites for hydroxylation is 1. The Hall–Kier alpha value is -2.25. The fourth-order valence-corrected chi connectivity index (χ4v) is 3.08. The Labute approximate surface area is 153 Å². The van der Waals surface area contributed by atoms with E-state index in [0.29, 0.717) is 24.9 Å². The van der Waals surface area contributed by atoms with Crippen LogP contribution in [-0.4, -0.2) is 35.3 Å². The van der Waals surface area contributed by atoms with E-state index in [4.69, 9.17) is 15.0 Å². The second-order valence-corrected chi connectivity index (χ2v) is 6.71. The van der Waals surface area contributed by atoms with Crippen molar-refractivity contribution in [2.75, 3.05) is 13.2 Å². The highest BCUT2D eigenvalue weighted by molar-refractivity contribution is 5.82. The third kappa shape index (κ3) is 4.28. The van der Waals surface area contributed by atoms with E-state index in [2.05, 4.69) is 22.4 Å². The van der Waals surface area contributed by atoms with Gasteiger partial charge in [0, 0.05) is 18.8 Å². The molecule has 2 atom stereocenters. The molecule has 3 N–H and O–H groups in total. The van der Waals surface area contributed by atoms with Gasteiger partial charge < -0.3 is 20.3 Å². The first-order valence-electron chi connectivity index (χ1n) is 9.15. The van der Waals surface area contributed by atoms with Gasteiger partial charge in [-0.1, -0.05) is 36.3 Å². The predicted molar refractivity (Wildman–Crippen MR) is 97.2 cm³/mol. The fraction of sp³-hybridized carbons (Fsp3) is 0.526. The summed E-state index contributed by atoms with van der Waals surface area (Å²) < 4.78 is 10.6. The van der Waals surface area contributed by atoms with Crippen LogP contribution in [0.4, 0.5) is 0 Å². The van der Waals surface area contributed by atoms with Gasteiger partial charge in [-0.2, -0.15) is 4.98 Å². The number of rotatable bonds is 6. The van der Waals surface area contributed by atoms with Crippen LogP contribution in [0.5, 0.6) is 0 Å². The number of aromatic nitrogens is 2. The Bertz CT molecular complexity index is 723. The molecule has 7 nitrogen and oxygen atoms in total. The fourth-order valence-electron chi connectivity index (χ4n) is 3.08. The Morgan fingerprint density at radius 1 is 1.31 bits per heavy atom. The van der Waals surface area contributed by atoms with Gasteiger partial charge in [-0.05, 0) is 37.7 Å². The minimum Gasteiger partial charge on any atom is -0.381 e. The molecule has 1 fully saturated rings. The molecule has 0 aliphatic carbocycles. The van der Waals surface area contributed by atoms with E-state index in [1.54, 1.807) is 0 Å². The van der Waals surface area contributed by atoms with E-state index in [-0.39, 0.29) is 11.8 Å². The van der Waals surface area contributed by atoms with Crippen LogP contribution in [0.2, 0.25) is 0 Å². The van der Waals surface area contributed by atoms with Gasteiger partial charge in [-0.3, -0.25) is 4.79 Å². The van der Waals surface area contributed by atoms with E-state index in [0.717, 1.165) is 24.8 Å². The van der Waals surface area contributed by atoms with E-state index in [1.165, 1.54) is 5.56 Å². The SMILES string of the molecule is CCc1ccc(-c2noc(C(C)NC(=O)C(N)C3CCOCC3)n2)cc1. The van der Waals surface area contributed by atoms with E-state index >= 15 is 0 Å². The van der Waals surface area contributed by atoms with Gasteiger partial charge in [0.15, 0.2) is 0 Å². The van der Waals surface area contributed by atoms with Crippen LogP contribution in [0.3, 0.4) is 0 Å². The molecule has 1 aromatic carbocycles. The van der Waals surface area contributed by atoms with Gasteiger partial charge in [0.2, 0.25) is 17.6 Å². The number of nitrogens with zero attached hydrogens (tertiary/aromatic N) is 2. The third-order valence-corrected chi connectivity index (χ3v) is 4.87. The van der Waals surface area contributed by atoms with Crippen molar-refractivity contribution >= 4 is 5.91 Å². The van der Waals surface area contributed by atoms with Gasteiger partial charge in [0.25, 0.3) is 0 Å². The van der Waals surface area contributed by atoms with Gasteiger partial charge in [-0.15, -0.1) is 0 Å². The van der Waals surface area contributed by atoms with Crippen LogP contribution in [0, 0.1) is 5.92 Å². The van der Waals surface area contributed by atoms with Gasteiger partial charge in [0.05, 0.1) is 6.04 Å². The lowest BCUT2D eigenvalue weighted by molar-refractivity contribution is -0.125. The van der Waals surface area contributed by atoms with Crippen LogP contribution < -0.4 is 11.1 Å². The van der Waals surface area contributed by atoms with Crippen LogP contribution in [0.25, 0.3) is 11.4 Å². The summed E-state index contributed by atoms with van der Waals surface area (Å²) >= 11 is 0. The summed E-state index contributed by atoms with van der Waals surface area (Å²) in [7, 11) is 0. The lowest BCUT2D eigenvalue weighted by Gasteiger charge is -2.27. The average Bonchev–Trinajstić information content (AvgIpc) is 3.18. The van der Waals surface area contributed by atoms with Gasteiger partial charge >= 0.3 is 0 Å². The molecule has 7 heteroatoms. The molecule has 1 saturated heterocycles. The van der Waals surface area contributed by atoms with Crippen LogP contribution in [0.1, 0.15) is 44.2 Å². The maximum absolute atomic E-state index is 12.4. The number of hydrogen-bond acceptors (Lipinski definition) is 6. The molecule has 1 aliphatic rings. The molecule has 0 radical (unpaired) electrons. The minimum absolute atomic E-state index is 0.145. The number of nitrogens with two attached hydrogens (primary N) is 1. The van der Waals surface area contributed by atoms with Gasteiger partial charge in [-0.25, -0.2) is 0 Å². The number of carbonyl (C=O) groups excluding carboxylic acids is 1. The number of ether oxygens (including phenoxy) is 1. The molecule has 2 aromatic rings.